The third kappa shape index (κ3) is 29.5. The fourth-order valence-electron chi connectivity index (χ4n) is 7.89. The van der Waals surface area contributed by atoms with Gasteiger partial charge in [-0.05, 0) is 83.5 Å². The van der Waals surface area contributed by atoms with E-state index in [0.29, 0.717) is 13.0 Å². The number of rotatable bonds is 41. The fraction of sp³-hybridized carbons (Fsp3) is 0.764. The number of esters is 1. The lowest BCUT2D eigenvalue weighted by molar-refractivity contribution is -0.332. The number of hydrogen-bond donors (Lipinski definition) is 7. The molecule has 11 atom stereocenters. The van der Waals surface area contributed by atoms with Gasteiger partial charge in [-0.25, -0.2) is 0 Å². The molecule has 2 heterocycles. The van der Waals surface area contributed by atoms with Gasteiger partial charge in [-0.15, -0.1) is 0 Å². The van der Waals surface area contributed by atoms with E-state index < -0.39 is 86.7 Å². The molecule has 2 fully saturated rings. The van der Waals surface area contributed by atoms with Gasteiger partial charge in [0.25, 0.3) is 0 Å². The average molecular weight is 979 g/mol. The Morgan fingerprint density at radius 3 is 1.48 bits per heavy atom. The Kier molecular flexibility index (Phi) is 38.1. The maximum absolute atomic E-state index is 13.0. The van der Waals surface area contributed by atoms with Crippen LogP contribution in [0.2, 0.25) is 0 Å². The highest BCUT2D eigenvalue weighted by atomic mass is 16.7. The first-order valence-electron chi connectivity index (χ1n) is 26.5. The lowest BCUT2D eigenvalue weighted by Crippen LogP contribution is -2.61. The number of ether oxygens (including phenoxy) is 6. The van der Waals surface area contributed by atoms with E-state index in [0.717, 1.165) is 83.5 Å². The van der Waals surface area contributed by atoms with Crippen LogP contribution in [0.25, 0.3) is 0 Å². The molecule has 2 aliphatic heterocycles. The Hall–Kier alpha value is -2.57. The average Bonchev–Trinajstić information content (AvgIpc) is 3.35. The van der Waals surface area contributed by atoms with Crippen LogP contribution in [0.3, 0.4) is 0 Å². The Morgan fingerprint density at radius 1 is 0.493 bits per heavy atom. The fourth-order valence-corrected chi connectivity index (χ4v) is 7.89. The van der Waals surface area contributed by atoms with Crippen molar-refractivity contribution in [2.24, 2.45) is 0 Å². The Morgan fingerprint density at radius 2 is 0.942 bits per heavy atom. The molecule has 0 radical (unpaired) electrons. The Bertz CT molecular complexity index is 1410. The third-order valence-electron chi connectivity index (χ3n) is 12.2. The van der Waals surface area contributed by atoms with Gasteiger partial charge in [0, 0.05) is 13.0 Å². The number of unbranched alkanes of at least 4 members (excludes halogenated alkanes) is 15. The molecule has 0 spiro atoms. The third-order valence-corrected chi connectivity index (χ3v) is 12.2. The molecular formula is C55H94O14. The molecule has 7 N–H and O–H groups in total. The van der Waals surface area contributed by atoms with Crippen molar-refractivity contribution in [3.63, 3.8) is 0 Å². The second kappa shape index (κ2) is 42.0. The number of carbonyl (C=O) groups excluding carboxylic acids is 1. The van der Waals surface area contributed by atoms with E-state index in [2.05, 4.69) is 86.8 Å². The number of aliphatic hydroxyl groups excluding tert-OH is 7. The van der Waals surface area contributed by atoms with Crippen LogP contribution in [0.4, 0.5) is 0 Å². The van der Waals surface area contributed by atoms with E-state index in [1.165, 1.54) is 57.8 Å². The molecule has 11 unspecified atom stereocenters. The highest BCUT2D eigenvalue weighted by molar-refractivity contribution is 5.69. The van der Waals surface area contributed by atoms with Crippen LogP contribution in [0, 0.1) is 0 Å². The van der Waals surface area contributed by atoms with Crippen LogP contribution >= 0.6 is 0 Å². The molecule has 0 aromatic heterocycles. The van der Waals surface area contributed by atoms with Gasteiger partial charge in [0.1, 0.15) is 54.9 Å². The van der Waals surface area contributed by atoms with Crippen molar-refractivity contribution in [2.45, 2.75) is 235 Å². The molecule has 2 rings (SSSR count). The Balaban J connectivity index is 1.77. The summed E-state index contributed by atoms with van der Waals surface area (Å²) in [5.74, 6) is -0.395. The molecule has 0 aromatic rings. The van der Waals surface area contributed by atoms with E-state index in [1.807, 2.05) is 0 Å². The van der Waals surface area contributed by atoms with Gasteiger partial charge >= 0.3 is 5.97 Å². The highest BCUT2D eigenvalue weighted by Gasteiger charge is 2.47. The van der Waals surface area contributed by atoms with Gasteiger partial charge in [0.15, 0.2) is 12.6 Å². The second-order valence-corrected chi connectivity index (χ2v) is 18.3. The number of hydrogen-bond acceptors (Lipinski definition) is 14. The first kappa shape index (κ1) is 62.5. The molecule has 2 saturated heterocycles. The monoisotopic (exact) mass is 979 g/mol. The predicted octanol–water partition coefficient (Wildman–Crippen LogP) is 8.29. The van der Waals surface area contributed by atoms with Crippen molar-refractivity contribution in [2.75, 3.05) is 33.0 Å². The zero-order valence-electron chi connectivity index (χ0n) is 42.3. The maximum Gasteiger partial charge on any atom is 0.306 e. The van der Waals surface area contributed by atoms with E-state index >= 15 is 0 Å². The van der Waals surface area contributed by atoms with Crippen LogP contribution in [0.15, 0.2) is 72.9 Å². The summed E-state index contributed by atoms with van der Waals surface area (Å²) in [6.45, 7) is 3.45. The molecule has 0 saturated carbocycles. The molecule has 0 aromatic carbocycles. The molecule has 14 heteroatoms. The van der Waals surface area contributed by atoms with Gasteiger partial charge in [0.2, 0.25) is 0 Å². The lowest BCUT2D eigenvalue weighted by atomic mass is 9.98. The summed E-state index contributed by atoms with van der Waals surface area (Å²) in [5, 5.41) is 72.2. The summed E-state index contributed by atoms with van der Waals surface area (Å²) in [4.78, 5) is 13.0. The van der Waals surface area contributed by atoms with Gasteiger partial charge in [0.05, 0.1) is 26.4 Å². The van der Waals surface area contributed by atoms with Gasteiger partial charge in [-0.2, -0.15) is 0 Å². The summed E-state index contributed by atoms with van der Waals surface area (Å²) in [6.07, 6.45) is 35.3. The number of allylic oxidation sites excluding steroid dienone is 12. The van der Waals surface area contributed by atoms with Crippen molar-refractivity contribution in [1.82, 2.24) is 0 Å². The zero-order chi connectivity index (χ0) is 50.2. The zero-order valence-corrected chi connectivity index (χ0v) is 42.3. The van der Waals surface area contributed by atoms with Crippen LogP contribution < -0.4 is 0 Å². The van der Waals surface area contributed by atoms with Crippen LogP contribution in [0.1, 0.15) is 168 Å². The van der Waals surface area contributed by atoms with Crippen molar-refractivity contribution in [3.8, 4) is 0 Å². The molecule has 69 heavy (non-hydrogen) atoms. The minimum atomic E-state index is -1.72. The molecule has 0 bridgehead atoms. The van der Waals surface area contributed by atoms with Crippen molar-refractivity contribution < 1.29 is 69.0 Å². The van der Waals surface area contributed by atoms with Gasteiger partial charge < -0.3 is 64.2 Å². The largest absolute Gasteiger partial charge is 0.457 e. The van der Waals surface area contributed by atoms with Crippen molar-refractivity contribution in [1.29, 1.82) is 0 Å². The van der Waals surface area contributed by atoms with E-state index in [4.69, 9.17) is 28.4 Å². The van der Waals surface area contributed by atoms with Gasteiger partial charge in [-0.3, -0.25) is 4.79 Å². The first-order chi connectivity index (χ1) is 33.6. The van der Waals surface area contributed by atoms with E-state index in [-0.39, 0.29) is 19.6 Å². The van der Waals surface area contributed by atoms with Crippen LogP contribution in [-0.2, 0) is 33.2 Å². The predicted molar refractivity (Wildman–Crippen MR) is 270 cm³/mol. The maximum atomic E-state index is 13.0. The minimum Gasteiger partial charge on any atom is -0.457 e. The summed E-state index contributed by atoms with van der Waals surface area (Å²) in [5.41, 5.74) is 0. The summed E-state index contributed by atoms with van der Waals surface area (Å²) in [7, 11) is 0. The van der Waals surface area contributed by atoms with Crippen LogP contribution in [0.5, 0.6) is 0 Å². The molecule has 14 nitrogen and oxygen atoms in total. The number of carbonyl (C=O) groups is 1. The molecule has 0 aliphatic carbocycles. The van der Waals surface area contributed by atoms with E-state index in [1.54, 1.807) is 0 Å². The smallest absolute Gasteiger partial charge is 0.306 e. The SMILES string of the molecule is CC/C=C\C/C=C\C/C=C\C/C=C\CCCCCOCC(COC1OC(COC2OC(CO)C(O)C(O)C2O)C(O)C(O)C1O)OC(=O)CCCCCCCCCCC/C=C\C/C=C\CCCCC. The minimum absolute atomic E-state index is 0.0348. The Labute approximate surface area is 415 Å². The van der Waals surface area contributed by atoms with Crippen molar-refractivity contribution in [3.05, 3.63) is 72.9 Å². The molecular weight excluding hydrogens is 885 g/mol. The summed E-state index contributed by atoms with van der Waals surface area (Å²) in [6, 6.07) is 0. The standard InChI is InChI=1S/C55H94O14/c1-3-5-7-9-11-13-15-17-19-21-22-23-24-26-28-30-32-34-36-38-47(57)67-44(41-64-39-37-35-33-31-29-27-25-20-18-16-14-12-10-8-6-4-2)42-65-54-53(63)51(61)49(59)46(69-54)43-66-55-52(62)50(60)48(58)45(40-56)68-55/h6,8,11-14,17-20,27,29,44-46,48-56,58-63H,3-5,7,9-10,15-16,21-26,28,30-43H2,1-2H3/b8-6-,13-11-,14-12-,19-17-,20-18-,29-27-. The quantitative estimate of drug-likeness (QED) is 0.0175. The second-order valence-electron chi connectivity index (χ2n) is 18.3. The first-order valence-corrected chi connectivity index (χ1v) is 26.5. The number of aliphatic hydroxyl groups is 7. The normalized spacial score (nSPS) is 26.3. The molecule has 398 valence electrons. The summed E-state index contributed by atoms with van der Waals surface area (Å²) < 4.78 is 34.3. The highest BCUT2D eigenvalue weighted by Crippen LogP contribution is 2.26. The molecule has 2 aliphatic rings. The van der Waals surface area contributed by atoms with Gasteiger partial charge in [-0.1, -0.05) is 151 Å². The van der Waals surface area contributed by atoms with Crippen molar-refractivity contribution >= 4 is 5.97 Å². The van der Waals surface area contributed by atoms with Crippen LogP contribution in [-0.4, -0.2) is 142 Å². The molecule has 0 amide bonds. The summed E-state index contributed by atoms with van der Waals surface area (Å²) >= 11 is 0. The topological polar surface area (TPSA) is 214 Å². The lowest BCUT2D eigenvalue weighted by Gasteiger charge is -2.42. The van der Waals surface area contributed by atoms with E-state index in [9.17, 15) is 40.5 Å².